The molecule has 7 nitrogen and oxygen atoms in total. The average Bonchev–Trinajstić information content (AvgIpc) is 2.71. The molecule has 2 N–H and O–H groups in total. The number of amides is 1. The van der Waals surface area contributed by atoms with Crippen LogP contribution in [-0.2, 0) is 19.5 Å². The van der Waals surface area contributed by atoms with Gasteiger partial charge in [0.1, 0.15) is 6.54 Å². The topological polar surface area (TPSA) is 95.9 Å². The van der Waals surface area contributed by atoms with E-state index in [1.807, 2.05) is 0 Å². The van der Waals surface area contributed by atoms with E-state index in [1.165, 1.54) is 5.06 Å². The Hall–Kier alpha value is -0.410. The molecule has 2 saturated heterocycles. The van der Waals surface area contributed by atoms with Gasteiger partial charge in [-0.25, -0.2) is 8.42 Å². The molecule has 0 saturated carbocycles. The minimum Gasteiger partial charge on any atom is -0.389 e. The van der Waals surface area contributed by atoms with E-state index in [0.717, 1.165) is 0 Å². The normalized spacial score (nSPS) is 35.8. The number of β-amino-alcohol motifs (C(OH)–C–C–N with tert-alkyl or cyclic N) is 1. The van der Waals surface area contributed by atoms with Crippen molar-refractivity contribution in [1.82, 2.24) is 10.4 Å². The summed E-state index contributed by atoms with van der Waals surface area (Å²) in [4.78, 5) is 16.7. The van der Waals surface area contributed by atoms with E-state index in [2.05, 4.69) is 5.32 Å². The molecule has 2 aliphatic rings. The third kappa shape index (κ3) is 3.55. The van der Waals surface area contributed by atoms with Crippen molar-refractivity contribution in [1.29, 1.82) is 0 Å². The molecule has 18 heavy (non-hydrogen) atoms. The van der Waals surface area contributed by atoms with Gasteiger partial charge in [-0.3, -0.25) is 9.63 Å². The maximum absolute atomic E-state index is 11.7. The number of carbonyl (C=O) groups is 1. The van der Waals surface area contributed by atoms with Crippen molar-refractivity contribution < 1.29 is 23.2 Å². The summed E-state index contributed by atoms with van der Waals surface area (Å²) in [7, 11) is -3.16. The van der Waals surface area contributed by atoms with Gasteiger partial charge in [0, 0.05) is 0 Å². The van der Waals surface area contributed by atoms with Crippen molar-refractivity contribution in [2.45, 2.75) is 17.5 Å². The lowest BCUT2D eigenvalue weighted by atomic mass is 10.2. The molecule has 0 aromatic carbocycles. The van der Waals surface area contributed by atoms with Gasteiger partial charge in [-0.1, -0.05) is 0 Å². The third-order valence-electron chi connectivity index (χ3n) is 2.81. The van der Waals surface area contributed by atoms with E-state index in [4.69, 9.17) is 16.4 Å². The van der Waals surface area contributed by atoms with Crippen LogP contribution >= 0.6 is 11.6 Å². The van der Waals surface area contributed by atoms with Crippen LogP contribution in [0, 0.1) is 0 Å². The average molecular weight is 299 g/mol. The van der Waals surface area contributed by atoms with Crippen molar-refractivity contribution in [3.8, 4) is 0 Å². The van der Waals surface area contributed by atoms with Crippen LogP contribution < -0.4 is 5.32 Å². The number of hydrogen-bond donors (Lipinski definition) is 2. The van der Waals surface area contributed by atoms with E-state index in [1.54, 1.807) is 0 Å². The smallest absolute Gasteiger partial charge is 0.236 e. The first kappa shape index (κ1) is 14.0. The van der Waals surface area contributed by atoms with Crippen molar-refractivity contribution in [3.63, 3.8) is 0 Å². The molecule has 2 unspecified atom stereocenters. The van der Waals surface area contributed by atoms with Crippen LogP contribution in [-0.4, -0.2) is 73.2 Å². The predicted octanol–water partition coefficient (Wildman–Crippen LogP) is -1.88. The summed E-state index contributed by atoms with van der Waals surface area (Å²) in [6.45, 7) is 0.390. The van der Waals surface area contributed by atoms with Gasteiger partial charge in [0.25, 0.3) is 0 Å². The third-order valence-corrected chi connectivity index (χ3v) is 5.19. The Kier molecular flexibility index (Phi) is 4.12. The number of carbonyl (C=O) groups excluding carboxylic acids is 1. The highest BCUT2D eigenvalue weighted by atomic mass is 35.5. The Labute approximate surface area is 110 Å². The van der Waals surface area contributed by atoms with E-state index < -0.39 is 27.4 Å². The van der Waals surface area contributed by atoms with Crippen LogP contribution in [0.5, 0.6) is 0 Å². The quantitative estimate of drug-likeness (QED) is 0.592. The first-order valence-corrected chi connectivity index (χ1v) is 7.81. The minimum atomic E-state index is -3.16. The van der Waals surface area contributed by atoms with Gasteiger partial charge in [0.05, 0.1) is 42.2 Å². The number of hydroxylamine groups is 2. The second-order valence-electron chi connectivity index (χ2n) is 4.54. The first-order chi connectivity index (χ1) is 8.35. The maximum Gasteiger partial charge on any atom is 0.236 e. The second kappa shape index (κ2) is 5.30. The molecular weight excluding hydrogens is 284 g/mol. The highest BCUT2D eigenvalue weighted by Gasteiger charge is 2.37. The van der Waals surface area contributed by atoms with E-state index in [9.17, 15) is 18.3 Å². The van der Waals surface area contributed by atoms with Crippen molar-refractivity contribution in [2.75, 3.05) is 31.2 Å². The van der Waals surface area contributed by atoms with Gasteiger partial charge in [0.2, 0.25) is 5.91 Å². The first-order valence-electron chi connectivity index (χ1n) is 5.55. The van der Waals surface area contributed by atoms with Crippen LogP contribution in [0.15, 0.2) is 0 Å². The summed E-state index contributed by atoms with van der Waals surface area (Å²) >= 11 is 5.87. The maximum atomic E-state index is 11.7. The lowest BCUT2D eigenvalue weighted by Crippen LogP contribution is -2.45. The number of aliphatic hydroxyl groups excluding tert-OH is 1. The van der Waals surface area contributed by atoms with Crippen LogP contribution in [0.4, 0.5) is 0 Å². The molecule has 0 bridgehead atoms. The van der Waals surface area contributed by atoms with Crippen molar-refractivity contribution in [2.24, 2.45) is 0 Å². The van der Waals surface area contributed by atoms with Crippen LogP contribution in [0.2, 0.25) is 0 Å². The Morgan fingerprint density at radius 3 is 2.72 bits per heavy atom. The monoisotopic (exact) mass is 298 g/mol. The number of rotatable bonds is 3. The predicted molar refractivity (Wildman–Crippen MR) is 63.8 cm³/mol. The molecule has 0 spiro atoms. The molecule has 3 atom stereocenters. The number of sulfone groups is 1. The van der Waals surface area contributed by atoms with E-state index >= 15 is 0 Å². The highest BCUT2D eigenvalue weighted by molar-refractivity contribution is 7.91. The fraction of sp³-hybridized carbons (Fsp3) is 0.889. The summed E-state index contributed by atoms with van der Waals surface area (Å²) in [6, 6.07) is -0.559. The number of hydrogen-bond acceptors (Lipinski definition) is 6. The summed E-state index contributed by atoms with van der Waals surface area (Å²) in [5.74, 6) is -0.605. The number of halogens is 1. The molecule has 0 radical (unpaired) electrons. The zero-order chi connectivity index (χ0) is 13.3. The number of nitrogens with zero attached hydrogens (tertiary/aromatic N) is 1. The standard InChI is InChI=1S/C9H15ClN2O5S/c10-7-4-18(15,16)5-8(7)11-9(14)2-12-1-6(13)3-17-12/h6-8,13H,1-5H2,(H,11,14)/t6-,7?,8?/m0/s1. The van der Waals surface area contributed by atoms with E-state index in [-0.39, 0.29) is 37.1 Å². The zero-order valence-electron chi connectivity index (χ0n) is 9.58. The summed E-state index contributed by atoms with van der Waals surface area (Å²) < 4.78 is 22.6. The van der Waals surface area contributed by atoms with Crippen LogP contribution in [0.3, 0.4) is 0 Å². The second-order valence-corrected chi connectivity index (χ2v) is 7.25. The molecule has 0 aromatic heterocycles. The Bertz CT molecular complexity index is 429. The number of alkyl halides is 1. The molecule has 1 amide bonds. The fourth-order valence-electron chi connectivity index (χ4n) is 1.99. The molecule has 9 heteroatoms. The minimum absolute atomic E-state index is 0.0444. The SMILES string of the molecule is O=C(CN1C[C@H](O)CO1)NC1CS(=O)(=O)CC1Cl. The van der Waals surface area contributed by atoms with Gasteiger partial charge < -0.3 is 10.4 Å². The molecule has 104 valence electrons. The van der Waals surface area contributed by atoms with Gasteiger partial charge in [-0.2, -0.15) is 5.06 Å². The Balaban J connectivity index is 1.81. The Morgan fingerprint density at radius 2 is 2.22 bits per heavy atom. The lowest BCUT2D eigenvalue weighted by Gasteiger charge is -2.17. The van der Waals surface area contributed by atoms with Gasteiger partial charge in [-0.15, -0.1) is 11.6 Å². The molecule has 2 aliphatic heterocycles. The lowest BCUT2D eigenvalue weighted by molar-refractivity contribution is -0.142. The highest BCUT2D eigenvalue weighted by Crippen LogP contribution is 2.18. The molecule has 0 aromatic rings. The van der Waals surface area contributed by atoms with Crippen molar-refractivity contribution in [3.05, 3.63) is 0 Å². The van der Waals surface area contributed by atoms with Gasteiger partial charge in [0.15, 0.2) is 9.84 Å². The fourth-order valence-corrected chi connectivity index (χ4v) is 4.54. The van der Waals surface area contributed by atoms with Crippen LogP contribution in [0.1, 0.15) is 0 Å². The molecule has 2 heterocycles. The molecule has 0 aliphatic carbocycles. The number of nitrogens with one attached hydrogen (secondary N) is 1. The number of aliphatic hydroxyl groups is 1. The van der Waals surface area contributed by atoms with Crippen molar-refractivity contribution >= 4 is 27.3 Å². The zero-order valence-corrected chi connectivity index (χ0v) is 11.2. The molecule has 2 rings (SSSR count). The molecular formula is C9H15ClN2O5S. The van der Waals surface area contributed by atoms with Gasteiger partial charge >= 0.3 is 0 Å². The molecule has 2 fully saturated rings. The summed E-state index contributed by atoms with van der Waals surface area (Å²) in [5, 5.41) is 12.5. The van der Waals surface area contributed by atoms with E-state index in [0.29, 0.717) is 0 Å². The van der Waals surface area contributed by atoms with Gasteiger partial charge in [-0.05, 0) is 0 Å². The Morgan fingerprint density at radius 1 is 1.50 bits per heavy atom. The van der Waals surface area contributed by atoms with Crippen LogP contribution in [0.25, 0.3) is 0 Å². The largest absolute Gasteiger partial charge is 0.389 e. The summed E-state index contributed by atoms with van der Waals surface area (Å²) in [5.41, 5.74) is 0. The summed E-state index contributed by atoms with van der Waals surface area (Å²) in [6.07, 6.45) is -0.592.